The molecule has 4 heteroatoms. The van der Waals surface area contributed by atoms with Crippen LogP contribution < -0.4 is 5.32 Å². The molecule has 0 bridgehead atoms. The van der Waals surface area contributed by atoms with Crippen molar-refractivity contribution in [3.63, 3.8) is 0 Å². The summed E-state index contributed by atoms with van der Waals surface area (Å²) in [6.45, 7) is 3.82. The lowest BCUT2D eigenvalue weighted by atomic mass is 10.2. The summed E-state index contributed by atoms with van der Waals surface area (Å²) in [6.07, 6.45) is 2.19. The first-order chi connectivity index (χ1) is 9.16. The minimum absolute atomic E-state index is 0.000295. The van der Waals surface area contributed by atoms with Gasteiger partial charge in [0.15, 0.2) is 0 Å². The lowest BCUT2D eigenvalue weighted by Crippen LogP contribution is -2.26. The van der Waals surface area contributed by atoms with E-state index >= 15 is 0 Å². The Kier molecular flexibility index (Phi) is 2.85. The number of nitrogens with zero attached hydrogens (tertiary/aromatic N) is 2. The summed E-state index contributed by atoms with van der Waals surface area (Å²) in [7, 11) is 0. The summed E-state index contributed by atoms with van der Waals surface area (Å²) >= 11 is 0. The first-order valence-corrected chi connectivity index (χ1v) is 6.59. The van der Waals surface area contributed by atoms with Crippen LogP contribution in [0.1, 0.15) is 34.6 Å². The molecule has 1 aliphatic carbocycles. The van der Waals surface area contributed by atoms with Gasteiger partial charge in [-0.15, -0.1) is 0 Å². The van der Waals surface area contributed by atoms with Crippen LogP contribution in [0, 0.1) is 13.8 Å². The molecule has 1 fully saturated rings. The maximum atomic E-state index is 12.2. The summed E-state index contributed by atoms with van der Waals surface area (Å²) in [4.78, 5) is 12.2. The van der Waals surface area contributed by atoms with Crippen molar-refractivity contribution in [2.45, 2.75) is 32.7 Å². The van der Waals surface area contributed by atoms with E-state index in [2.05, 4.69) is 10.4 Å². The maximum Gasteiger partial charge on any atom is 0.255 e. The topological polar surface area (TPSA) is 46.9 Å². The SMILES string of the molecule is Cc1nn(-c2ccccc2)c(C)c1C(=O)NC1CC1. The molecular formula is C15H17N3O. The highest BCUT2D eigenvalue weighted by Crippen LogP contribution is 2.22. The van der Waals surface area contributed by atoms with E-state index in [0.717, 1.165) is 29.9 Å². The number of benzene rings is 1. The van der Waals surface area contributed by atoms with Gasteiger partial charge in [0.25, 0.3) is 5.91 Å². The van der Waals surface area contributed by atoms with Crippen LogP contribution in [0.15, 0.2) is 30.3 Å². The molecule has 0 unspecified atom stereocenters. The van der Waals surface area contributed by atoms with Crippen molar-refractivity contribution in [2.75, 3.05) is 0 Å². The summed E-state index contributed by atoms with van der Waals surface area (Å²) < 4.78 is 1.83. The van der Waals surface area contributed by atoms with Crippen molar-refractivity contribution in [3.05, 3.63) is 47.3 Å². The predicted octanol–water partition coefficient (Wildman–Crippen LogP) is 2.38. The Bertz CT molecular complexity index is 612. The Labute approximate surface area is 112 Å². The number of hydrogen-bond donors (Lipinski definition) is 1. The van der Waals surface area contributed by atoms with Crippen molar-refractivity contribution in [1.82, 2.24) is 15.1 Å². The number of aryl methyl sites for hydroxylation is 1. The highest BCUT2D eigenvalue weighted by Gasteiger charge is 2.27. The summed E-state index contributed by atoms with van der Waals surface area (Å²) in [5.41, 5.74) is 3.35. The second kappa shape index (κ2) is 4.53. The lowest BCUT2D eigenvalue weighted by Gasteiger charge is -2.05. The second-order valence-electron chi connectivity index (χ2n) is 5.04. The van der Waals surface area contributed by atoms with E-state index in [1.165, 1.54) is 0 Å². The predicted molar refractivity (Wildman–Crippen MR) is 73.5 cm³/mol. The van der Waals surface area contributed by atoms with E-state index in [-0.39, 0.29) is 5.91 Å². The number of amides is 1. The average Bonchev–Trinajstić information content (AvgIpc) is 3.15. The van der Waals surface area contributed by atoms with Crippen molar-refractivity contribution >= 4 is 5.91 Å². The molecule has 0 aliphatic heterocycles. The Hall–Kier alpha value is -2.10. The Morgan fingerprint density at radius 2 is 1.95 bits per heavy atom. The quantitative estimate of drug-likeness (QED) is 0.915. The molecule has 1 amide bonds. The molecule has 98 valence electrons. The summed E-state index contributed by atoms with van der Waals surface area (Å²) in [5, 5.41) is 7.51. The van der Waals surface area contributed by atoms with Crippen LogP contribution in [0.5, 0.6) is 0 Å². The van der Waals surface area contributed by atoms with E-state index in [4.69, 9.17) is 0 Å². The van der Waals surface area contributed by atoms with Gasteiger partial charge in [0.1, 0.15) is 0 Å². The Morgan fingerprint density at radius 1 is 1.26 bits per heavy atom. The van der Waals surface area contributed by atoms with Gasteiger partial charge in [-0.1, -0.05) is 18.2 Å². The van der Waals surface area contributed by atoms with Gasteiger partial charge in [-0.2, -0.15) is 5.10 Å². The largest absolute Gasteiger partial charge is 0.349 e. The van der Waals surface area contributed by atoms with Crippen LogP contribution in [0.3, 0.4) is 0 Å². The Morgan fingerprint density at radius 3 is 2.58 bits per heavy atom. The molecule has 4 nitrogen and oxygen atoms in total. The van der Waals surface area contributed by atoms with Crippen LogP contribution in [0.2, 0.25) is 0 Å². The first kappa shape index (κ1) is 12.0. The third-order valence-electron chi connectivity index (χ3n) is 3.43. The molecular weight excluding hydrogens is 238 g/mol. The zero-order valence-corrected chi connectivity index (χ0v) is 11.2. The molecule has 0 saturated heterocycles. The molecule has 19 heavy (non-hydrogen) atoms. The number of rotatable bonds is 3. The molecule has 0 atom stereocenters. The van der Waals surface area contributed by atoms with Gasteiger partial charge in [0, 0.05) is 6.04 Å². The molecule has 1 N–H and O–H groups in total. The van der Waals surface area contributed by atoms with Crippen molar-refractivity contribution < 1.29 is 4.79 Å². The minimum atomic E-state index is -0.000295. The lowest BCUT2D eigenvalue weighted by molar-refractivity contribution is 0.0950. The zero-order chi connectivity index (χ0) is 13.4. The third kappa shape index (κ3) is 2.26. The number of carbonyl (C=O) groups is 1. The third-order valence-corrected chi connectivity index (χ3v) is 3.43. The molecule has 1 aliphatic rings. The molecule has 1 aromatic heterocycles. The standard InChI is InChI=1S/C15H17N3O/c1-10-14(15(19)16-12-8-9-12)11(2)18(17-10)13-6-4-3-5-7-13/h3-7,12H,8-9H2,1-2H3,(H,16,19). The van der Waals surface area contributed by atoms with Gasteiger partial charge in [-0.3, -0.25) is 4.79 Å². The van der Waals surface area contributed by atoms with Crippen LogP contribution in [-0.4, -0.2) is 21.7 Å². The van der Waals surface area contributed by atoms with Crippen molar-refractivity contribution in [3.8, 4) is 5.69 Å². The number of nitrogens with one attached hydrogen (secondary N) is 1. The number of hydrogen-bond acceptors (Lipinski definition) is 2. The van der Waals surface area contributed by atoms with E-state index < -0.39 is 0 Å². The number of para-hydroxylation sites is 1. The highest BCUT2D eigenvalue weighted by molar-refractivity contribution is 5.96. The monoisotopic (exact) mass is 255 g/mol. The number of carbonyl (C=O) groups excluding carboxylic acids is 1. The molecule has 1 heterocycles. The van der Waals surface area contributed by atoms with Gasteiger partial charge in [0.2, 0.25) is 0 Å². The Balaban J connectivity index is 1.98. The maximum absolute atomic E-state index is 12.2. The van der Waals surface area contributed by atoms with Crippen LogP contribution in [0.4, 0.5) is 0 Å². The molecule has 0 spiro atoms. The van der Waals surface area contributed by atoms with Crippen molar-refractivity contribution in [2.24, 2.45) is 0 Å². The second-order valence-corrected chi connectivity index (χ2v) is 5.04. The fourth-order valence-electron chi connectivity index (χ4n) is 2.28. The van der Waals surface area contributed by atoms with Gasteiger partial charge >= 0.3 is 0 Å². The number of aromatic nitrogens is 2. The minimum Gasteiger partial charge on any atom is -0.349 e. The normalized spacial score (nSPS) is 14.4. The van der Waals surface area contributed by atoms with E-state index in [1.54, 1.807) is 0 Å². The van der Waals surface area contributed by atoms with Crippen molar-refractivity contribution in [1.29, 1.82) is 0 Å². The highest BCUT2D eigenvalue weighted by atomic mass is 16.1. The van der Waals surface area contributed by atoms with Gasteiger partial charge in [-0.25, -0.2) is 4.68 Å². The van der Waals surface area contributed by atoms with E-state index in [9.17, 15) is 4.79 Å². The van der Waals surface area contributed by atoms with Gasteiger partial charge in [0.05, 0.1) is 22.6 Å². The van der Waals surface area contributed by atoms with Crippen LogP contribution in [-0.2, 0) is 0 Å². The summed E-state index contributed by atoms with van der Waals surface area (Å²) in [5.74, 6) is -0.000295. The molecule has 1 aromatic carbocycles. The fraction of sp³-hybridized carbons (Fsp3) is 0.333. The smallest absolute Gasteiger partial charge is 0.255 e. The van der Waals surface area contributed by atoms with Crippen LogP contribution >= 0.6 is 0 Å². The fourth-order valence-corrected chi connectivity index (χ4v) is 2.28. The molecule has 3 rings (SSSR count). The molecule has 0 radical (unpaired) electrons. The zero-order valence-electron chi connectivity index (χ0n) is 11.2. The van der Waals surface area contributed by atoms with Crippen LogP contribution in [0.25, 0.3) is 5.69 Å². The molecule has 1 saturated carbocycles. The average molecular weight is 255 g/mol. The van der Waals surface area contributed by atoms with Gasteiger partial charge < -0.3 is 5.32 Å². The first-order valence-electron chi connectivity index (χ1n) is 6.59. The van der Waals surface area contributed by atoms with Gasteiger partial charge in [-0.05, 0) is 38.8 Å². The summed E-state index contributed by atoms with van der Waals surface area (Å²) in [6, 6.07) is 10.2. The van der Waals surface area contributed by atoms with E-state index in [1.807, 2.05) is 48.9 Å². The molecule has 2 aromatic rings. The van der Waals surface area contributed by atoms with E-state index in [0.29, 0.717) is 11.6 Å².